The molecule has 0 aromatic heterocycles. The Kier molecular flexibility index (Phi) is 14.6. The monoisotopic (exact) mass is 740 g/mol. The molecule has 3 aromatic carbocycles. The average Bonchev–Trinajstić information content (AvgIpc) is 3.63. The summed E-state index contributed by atoms with van der Waals surface area (Å²) in [7, 11) is 0. The molecule has 10 heteroatoms. The van der Waals surface area contributed by atoms with Gasteiger partial charge in [0.2, 0.25) is 17.4 Å². The highest BCUT2D eigenvalue weighted by molar-refractivity contribution is 6.06. The summed E-state index contributed by atoms with van der Waals surface area (Å²) in [5.41, 5.74) is 3.73. The van der Waals surface area contributed by atoms with Crippen molar-refractivity contribution in [3.63, 3.8) is 0 Å². The zero-order valence-corrected chi connectivity index (χ0v) is 32.3. The third-order valence-electron chi connectivity index (χ3n) is 10.6. The van der Waals surface area contributed by atoms with Crippen LogP contribution < -0.4 is 10.6 Å². The second kappa shape index (κ2) is 19.6. The molecule has 2 N–H and O–H groups in total. The van der Waals surface area contributed by atoms with Gasteiger partial charge in [0, 0.05) is 48.9 Å². The van der Waals surface area contributed by atoms with Gasteiger partial charge in [-0.3, -0.25) is 14.4 Å². The van der Waals surface area contributed by atoms with Gasteiger partial charge in [0.05, 0.1) is 0 Å². The van der Waals surface area contributed by atoms with E-state index in [-0.39, 0.29) is 24.3 Å². The van der Waals surface area contributed by atoms with Gasteiger partial charge in [-0.2, -0.15) is 0 Å². The molecule has 9 nitrogen and oxygen atoms in total. The Morgan fingerprint density at radius 1 is 0.852 bits per heavy atom. The van der Waals surface area contributed by atoms with Gasteiger partial charge in [0.15, 0.2) is 0 Å². The molecule has 0 saturated carbocycles. The van der Waals surface area contributed by atoms with Gasteiger partial charge in [-0.25, -0.2) is 14.1 Å². The lowest BCUT2D eigenvalue weighted by molar-refractivity contribution is -0.142. The maximum atomic E-state index is 13.8. The molecule has 0 bridgehead atoms. The van der Waals surface area contributed by atoms with Crippen LogP contribution in [0.15, 0.2) is 66.7 Å². The predicted octanol–water partition coefficient (Wildman–Crippen LogP) is 9.29. The predicted molar refractivity (Wildman–Crippen MR) is 210 cm³/mol. The van der Waals surface area contributed by atoms with E-state index >= 15 is 0 Å². The second-order valence-corrected chi connectivity index (χ2v) is 15.1. The fourth-order valence-corrected chi connectivity index (χ4v) is 7.44. The van der Waals surface area contributed by atoms with Crippen LogP contribution in [0.25, 0.3) is 0 Å². The van der Waals surface area contributed by atoms with Crippen LogP contribution in [0.5, 0.6) is 0 Å². The number of nitrogens with one attached hydrogen (secondary N) is 2. The zero-order valence-electron chi connectivity index (χ0n) is 32.3. The molecule has 2 aliphatic rings. The highest BCUT2D eigenvalue weighted by atomic mass is 19.1. The van der Waals surface area contributed by atoms with E-state index in [0.29, 0.717) is 31.4 Å². The van der Waals surface area contributed by atoms with E-state index in [1.807, 2.05) is 56.3 Å². The number of benzene rings is 3. The molecule has 1 atom stereocenters. The third kappa shape index (κ3) is 10.7. The number of hydrogen-bond donors (Lipinski definition) is 2. The Bertz CT molecular complexity index is 1730. The lowest BCUT2D eigenvalue weighted by atomic mass is 9.94. The first kappa shape index (κ1) is 40.5. The Labute approximate surface area is 320 Å². The molecule has 1 fully saturated rings. The molecule has 4 amide bonds. The number of amides is 4. The number of imide groups is 1. The van der Waals surface area contributed by atoms with E-state index in [2.05, 4.69) is 17.6 Å². The SMILES string of the molecule is CCCCCCCCCCCCC(=O)Nc1ccc(CCNc2ccc3c(c2)CC[C@@]32OC(=O)N(CC(=O)N(Cc3ccc(F)cc3)C(C)C)C2=O)cc1. The van der Waals surface area contributed by atoms with Crippen molar-refractivity contribution in [2.45, 2.75) is 129 Å². The molecular weight excluding hydrogens is 684 g/mol. The van der Waals surface area contributed by atoms with Crippen LogP contribution in [0.4, 0.5) is 20.6 Å². The van der Waals surface area contributed by atoms with E-state index in [1.165, 1.54) is 63.5 Å². The standard InChI is InChI=1S/C44H57FN4O5/c1-4-5-6-7-8-9-10-11-12-13-14-40(50)47-37-21-17-33(18-22-37)26-28-46-38-23-24-39-35(29-38)25-27-44(39)42(52)49(43(53)54-44)31-41(51)48(32(2)3)30-34-15-19-36(45)20-16-34/h15-24,29,32,46H,4-14,25-28,30-31H2,1-3H3,(H,47,50)/t44-/m1/s1. The van der Waals surface area contributed by atoms with E-state index in [4.69, 9.17) is 4.74 Å². The fourth-order valence-electron chi connectivity index (χ4n) is 7.44. The van der Waals surface area contributed by atoms with Crippen LogP contribution in [0.1, 0.15) is 120 Å². The highest BCUT2D eigenvalue weighted by Gasteiger charge is 2.58. The summed E-state index contributed by atoms with van der Waals surface area (Å²) < 4.78 is 19.2. The van der Waals surface area contributed by atoms with Gasteiger partial charge in [-0.15, -0.1) is 0 Å². The summed E-state index contributed by atoms with van der Waals surface area (Å²) in [6, 6.07) is 19.4. The van der Waals surface area contributed by atoms with Gasteiger partial charge >= 0.3 is 6.09 Å². The lowest BCUT2D eigenvalue weighted by Gasteiger charge is -2.28. The van der Waals surface area contributed by atoms with Crippen LogP contribution in [0.2, 0.25) is 0 Å². The number of aryl methyl sites for hydroxylation is 1. The number of carbonyl (C=O) groups excluding carboxylic acids is 4. The van der Waals surface area contributed by atoms with Crippen molar-refractivity contribution in [1.29, 1.82) is 0 Å². The quantitative estimate of drug-likeness (QED) is 0.106. The molecule has 290 valence electrons. The van der Waals surface area contributed by atoms with Crippen molar-refractivity contribution >= 4 is 35.2 Å². The summed E-state index contributed by atoms with van der Waals surface area (Å²) in [6.07, 6.45) is 13.8. The number of anilines is 2. The lowest BCUT2D eigenvalue weighted by Crippen LogP contribution is -2.46. The second-order valence-electron chi connectivity index (χ2n) is 15.1. The number of hydrogen-bond acceptors (Lipinski definition) is 6. The number of halogens is 1. The third-order valence-corrected chi connectivity index (χ3v) is 10.6. The number of carbonyl (C=O) groups is 4. The Hall–Kier alpha value is -4.73. The van der Waals surface area contributed by atoms with Crippen molar-refractivity contribution in [2.75, 3.05) is 23.7 Å². The summed E-state index contributed by atoms with van der Waals surface area (Å²) in [4.78, 5) is 55.1. The smallest absolute Gasteiger partial charge is 0.418 e. The first-order valence-electron chi connectivity index (χ1n) is 19.9. The normalized spacial score (nSPS) is 16.2. The molecule has 0 unspecified atom stereocenters. The van der Waals surface area contributed by atoms with Crippen LogP contribution in [-0.4, -0.2) is 52.7 Å². The van der Waals surface area contributed by atoms with Crippen LogP contribution in [-0.2, 0) is 44.1 Å². The van der Waals surface area contributed by atoms with Crippen molar-refractivity contribution in [1.82, 2.24) is 9.80 Å². The Morgan fingerprint density at radius 2 is 1.48 bits per heavy atom. The van der Waals surface area contributed by atoms with Gasteiger partial charge in [-0.05, 0) is 86.2 Å². The van der Waals surface area contributed by atoms with Gasteiger partial charge in [0.1, 0.15) is 12.4 Å². The molecule has 1 aliphatic carbocycles. The molecule has 3 aromatic rings. The molecule has 0 radical (unpaired) electrons. The maximum absolute atomic E-state index is 13.8. The number of ether oxygens (including phenoxy) is 1. The first-order chi connectivity index (χ1) is 26.1. The minimum Gasteiger partial charge on any atom is -0.427 e. The van der Waals surface area contributed by atoms with E-state index in [0.717, 1.165) is 52.2 Å². The molecule has 1 aliphatic heterocycles. The van der Waals surface area contributed by atoms with Crippen molar-refractivity contribution in [3.05, 3.63) is 94.8 Å². The summed E-state index contributed by atoms with van der Waals surface area (Å²) in [6.45, 7) is 6.42. The van der Waals surface area contributed by atoms with E-state index < -0.39 is 30.1 Å². The molecule has 1 saturated heterocycles. The van der Waals surface area contributed by atoms with Crippen molar-refractivity contribution in [2.24, 2.45) is 0 Å². The largest absolute Gasteiger partial charge is 0.427 e. The van der Waals surface area contributed by atoms with Gasteiger partial charge < -0.3 is 20.3 Å². The first-order valence-corrected chi connectivity index (χ1v) is 19.9. The summed E-state index contributed by atoms with van der Waals surface area (Å²) >= 11 is 0. The summed E-state index contributed by atoms with van der Waals surface area (Å²) in [5, 5.41) is 6.48. The Balaban J connectivity index is 1.05. The number of unbranched alkanes of at least 4 members (excludes halogenated alkanes) is 9. The average molecular weight is 741 g/mol. The minimum absolute atomic E-state index is 0.0638. The van der Waals surface area contributed by atoms with Crippen molar-refractivity contribution < 1.29 is 28.3 Å². The zero-order chi connectivity index (χ0) is 38.5. The van der Waals surface area contributed by atoms with Crippen molar-refractivity contribution in [3.8, 4) is 0 Å². The summed E-state index contributed by atoms with van der Waals surface area (Å²) in [5.74, 6) is -1.22. The Morgan fingerprint density at radius 3 is 2.15 bits per heavy atom. The van der Waals surface area contributed by atoms with Gasteiger partial charge in [0.25, 0.3) is 5.91 Å². The number of nitrogens with zero attached hydrogens (tertiary/aromatic N) is 2. The molecule has 5 rings (SSSR count). The van der Waals surface area contributed by atoms with Gasteiger partial charge in [-0.1, -0.05) is 95.0 Å². The number of fused-ring (bicyclic) bond motifs is 2. The highest BCUT2D eigenvalue weighted by Crippen LogP contribution is 2.46. The maximum Gasteiger partial charge on any atom is 0.418 e. The van der Waals surface area contributed by atoms with Crippen LogP contribution >= 0.6 is 0 Å². The molecular formula is C44H57FN4O5. The minimum atomic E-state index is -1.44. The molecule has 54 heavy (non-hydrogen) atoms. The molecule has 1 heterocycles. The van der Waals surface area contributed by atoms with Crippen LogP contribution in [0.3, 0.4) is 0 Å². The number of rotatable bonds is 21. The van der Waals surface area contributed by atoms with Crippen LogP contribution in [0, 0.1) is 5.82 Å². The van der Waals surface area contributed by atoms with E-state index in [9.17, 15) is 23.6 Å². The molecule has 1 spiro atoms. The fraction of sp³-hybridized carbons (Fsp3) is 0.500. The topological polar surface area (TPSA) is 108 Å². The van der Waals surface area contributed by atoms with E-state index in [1.54, 1.807) is 17.0 Å².